The molecule has 1 heterocycles. The second-order valence-electron chi connectivity index (χ2n) is 6.03. The number of carbonyl (C=O) groups excluding carboxylic acids is 2. The summed E-state index contributed by atoms with van der Waals surface area (Å²) < 4.78 is 0. The predicted octanol–water partition coefficient (Wildman–Crippen LogP) is 1.93. The van der Waals surface area contributed by atoms with Crippen LogP contribution in [-0.4, -0.2) is 40.1 Å². The Morgan fingerprint density at radius 1 is 1.39 bits per heavy atom. The minimum absolute atomic E-state index is 0.132. The predicted molar refractivity (Wildman–Crippen MR) is 89.3 cm³/mol. The van der Waals surface area contributed by atoms with Crippen LogP contribution in [0.4, 0.5) is 0 Å². The molecular formula is C18H24N2O3. The third-order valence-electron chi connectivity index (χ3n) is 4.23. The Hall–Kier alpha value is -2.14. The molecule has 1 aliphatic rings. The van der Waals surface area contributed by atoms with E-state index in [1.165, 1.54) is 13.0 Å². The van der Waals surface area contributed by atoms with Gasteiger partial charge < -0.3 is 15.3 Å². The monoisotopic (exact) mass is 316 g/mol. The van der Waals surface area contributed by atoms with Crippen LogP contribution in [-0.2, 0) is 9.59 Å². The van der Waals surface area contributed by atoms with Crippen LogP contribution in [0.2, 0.25) is 0 Å². The van der Waals surface area contributed by atoms with Gasteiger partial charge in [-0.15, -0.1) is 0 Å². The van der Waals surface area contributed by atoms with E-state index >= 15 is 0 Å². The Bertz CT molecular complexity index is 581. The Labute approximate surface area is 137 Å². The molecule has 2 N–H and O–H groups in total. The molecule has 124 valence electrons. The molecule has 2 amide bonds. The van der Waals surface area contributed by atoms with Gasteiger partial charge in [-0.25, -0.2) is 0 Å². The smallest absolute Gasteiger partial charge is 0.253 e. The van der Waals surface area contributed by atoms with Gasteiger partial charge in [0.1, 0.15) is 11.8 Å². The van der Waals surface area contributed by atoms with E-state index in [9.17, 15) is 14.7 Å². The topological polar surface area (TPSA) is 69.6 Å². The standard InChI is InChI=1S/C18H24N2O3/c1-3-18(2,23)17(22)19-15-10-7-13-20(15)16(21)12-11-14-8-5-4-6-9-14/h4-6,8-9,11-12,15,23H,3,7,10,13H2,1-2H3,(H,19,22)/t15?,18-/m0/s1. The molecular weight excluding hydrogens is 292 g/mol. The van der Waals surface area contributed by atoms with Crippen molar-refractivity contribution in [2.75, 3.05) is 6.54 Å². The van der Waals surface area contributed by atoms with Crippen molar-refractivity contribution in [2.24, 2.45) is 0 Å². The van der Waals surface area contributed by atoms with Gasteiger partial charge in [-0.3, -0.25) is 9.59 Å². The van der Waals surface area contributed by atoms with Gasteiger partial charge in [0.15, 0.2) is 0 Å². The maximum atomic E-state index is 12.4. The summed E-state index contributed by atoms with van der Waals surface area (Å²) in [5.74, 6) is -0.565. The van der Waals surface area contributed by atoms with Crippen molar-refractivity contribution in [1.82, 2.24) is 10.2 Å². The van der Waals surface area contributed by atoms with Gasteiger partial charge in [0.25, 0.3) is 5.91 Å². The first-order valence-corrected chi connectivity index (χ1v) is 8.01. The largest absolute Gasteiger partial charge is 0.380 e. The van der Waals surface area contributed by atoms with E-state index in [-0.39, 0.29) is 12.1 Å². The average Bonchev–Trinajstić information content (AvgIpc) is 3.01. The molecule has 1 aromatic carbocycles. The lowest BCUT2D eigenvalue weighted by Gasteiger charge is -2.28. The van der Waals surface area contributed by atoms with E-state index in [0.717, 1.165) is 12.0 Å². The van der Waals surface area contributed by atoms with Gasteiger partial charge in [-0.1, -0.05) is 37.3 Å². The number of hydrogen-bond acceptors (Lipinski definition) is 3. The number of nitrogens with one attached hydrogen (secondary N) is 1. The molecule has 0 spiro atoms. The van der Waals surface area contributed by atoms with Crippen LogP contribution in [0.25, 0.3) is 6.08 Å². The van der Waals surface area contributed by atoms with Crippen LogP contribution in [0.1, 0.15) is 38.7 Å². The summed E-state index contributed by atoms with van der Waals surface area (Å²) in [5, 5.41) is 12.8. The molecule has 1 fully saturated rings. The highest BCUT2D eigenvalue weighted by Crippen LogP contribution is 2.18. The van der Waals surface area contributed by atoms with Crippen LogP contribution in [0.15, 0.2) is 36.4 Å². The summed E-state index contributed by atoms with van der Waals surface area (Å²) in [6.45, 7) is 3.84. The third-order valence-corrected chi connectivity index (χ3v) is 4.23. The fourth-order valence-corrected chi connectivity index (χ4v) is 2.48. The van der Waals surface area contributed by atoms with E-state index < -0.39 is 11.5 Å². The molecule has 0 aromatic heterocycles. The second-order valence-corrected chi connectivity index (χ2v) is 6.03. The van der Waals surface area contributed by atoms with Crippen molar-refractivity contribution in [3.05, 3.63) is 42.0 Å². The lowest BCUT2D eigenvalue weighted by molar-refractivity contribution is -0.141. The highest BCUT2D eigenvalue weighted by molar-refractivity contribution is 5.92. The van der Waals surface area contributed by atoms with E-state index in [4.69, 9.17) is 0 Å². The maximum Gasteiger partial charge on any atom is 0.253 e. The van der Waals surface area contributed by atoms with Crippen molar-refractivity contribution < 1.29 is 14.7 Å². The third kappa shape index (κ3) is 4.42. The first-order valence-electron chi connectivity index (χ1n) is 8.01. The zero-order valence-corrected chi connectivity index (χ0v) is 13.7. The quantitative estimate of drug-likeness (QED) is 0.816. The lowest BCUT2D eigenvalue weighted by atomic mass is 10.0. The molecule has 0 aliphatic carbocycles. The fourth-order valence-electron chi connectivity index (χ4n) is 2.48. The van der Waals surface area contributed by atoms with Crippen LogP contribution < -0.4 is 5.32 Å². The van der Waals surface area contributed by atoms with Crippen molar-refractivity contribution >= 4 is 17.9 Å². The van der Waals surface area contributed by atoms with Gasteiger partial charge in [0, 0.05) is 12.6 Å². The molecule has 23 heavy (non-hydrogen) atoms. The van der Waals surface area contributed by atoms with Crippen LogP contribution >= 0.6 is 0 Å². The molecule has 0 bridgehead atoms. The second kappa shape index (κ2) is 7.42. The summed E-state index contributed by atoms with van der Waals surface area (Å²) in [5.41, 5.74) is -0.452. The summed E-state index contributed by atoms with van der Waals surface area (Å²) in [7, 11) is 0. The number of likely N-dealkylation sites (tertiary alicyclic amines) is 1. The molecule has 1 aliphatic heterocycles. The average molecular weight is 316 g/mol. The van der Waals surface area contributed by atoms with Gasteiger partial charge in [-0.05, 0) is 37.8 Å². The summed E-state index contributed by atoms with van der Waals surface area (Å²) >= 11 is 0. The SMILES string of the molecule is CC[C@](C)(O)C(=O)NC1CCCN1C(=O)C=Cc1ccccc1. The van der Waals surface area contributed by atoms with Crippen molar-refractivity contribution in [3.8, 4) is 0 Å². The van der Waals surface area contributed by atoms with Gasteiger partial charge in [0.05, 0.1) is 0 Å². The Morgan fingerprint density at radius 3 is 2.74 bits per heavy atom. The summed E-state index contributed by atoms with van der Waals surface area (Å²) in [6, 6.07) is 9.59. The van der Waals surface area contributed by atoms with Crippen molar-refractivity contribution in [2.45, 2.75) is 44.9 Å². The molecule has 2 atom stereocenters. The number of amides is 2. The zero-order chi connectivity index (χ0) is 16.9. The molecule has 1 aromatic rings. The molecule has 1 saturated heterocycles. The highest BCUT2D eigenvalue weighted by Gasteiger charge is 2.34. The van der Waals surface area contributed by atoms with Crippen LogP contribution in [0.3, 0.4) is 0 Å². The summed E-state index contributed by atoms with van der Waals surface area (Å²) in [4.78, 5) is 26.1. The fraction of sp³-hybridized carbons (Fsp3) is 0.444. The minimum atomic E-state index is -1.41. The van der Waals surface area contributed by atoms with Gasteiger partial charge in [-0.2, -0.15) is 0 Å². The van der Waals surface area contributed by atoms with E-state index in [2.05, 4.69) is 5.32 Å². The molecule has 1 unspecified atom stereocenters. The molecule has 2 rings (SSSR count). The highest BCUT2D eigenvalue weighted by atomic mass is 16.3. The number of carbonyl (C=O) groups is 2. The number of nitrogens with zero attached hydrogens (tertiary/aromatic N) is 1. The first-order chi connectivity index (χ1) is 10.9. The number of rotatable bonds is 5. The number of aliphatic hydroxyl groups is 1. The van der Waals surface area contributed by atoms with Crippen LogP contribution in [0, 0.1) is 0 Å². The van der Waals surface area contributed by atoms with Crippen molar-refractivity contribution in [1.29, 1.82) is 0 Å². The zero-order valence-electron chi connectivity index (χ0n) is 13.7. The van der Waals surface area contributed by atoms with E-state index in [1.807, 2.05) is 30.3 Å². The van der Waals surface area contributed by atoms with Gasteiger partial charge >= 0.3 is 0 Å². The summed E-state index contributed by atoms with van der Waals surface area (Å²) in [6.07, 6.45) is 4.81. The lowest BCUT2D eigenvalue weighted by Crippen LogP contribution is -2.53. The molecule has 0 saturated carbocycles. The minimum Gasteiger partial charge on any atom is -0.380 e. The Kier molecular flexibility index (Phi) is 5.55. The molecule has 5 nitrogen and oxygen atoms in total. The number of hydrogen-bond donors (Lipinski definition) is 2. The van der Waals surface area contributed by atoms with E-state index in [0.29, 0.717) is 19.4 Å². The van der Waals surface area contributed by atoms with Crippen molar-refractivity contribution in [3.63, 3.8) is 0 Å². The first kappa shape index (κ1) is 17.2. The Morgan fingerprint density at radius 2 is 2.09 bits per heavy atom. The Balaban J connectivity index is 1.99. The van der Waals surface area contributed by atoms with Gasteiger partial charge in [0.2, 0.25) is 5.91 Å². The maximum absolute atomic E-state index is 12.4. The molecule has 5 heteroatoms. The van der Waals surface area contributed by atoms with Crippen LogP contribution in [0.5, 0.6) is 0 Å². The normalized spacial score (nSPS) is 20.5. The molecule has 0 radical (unpaired) electrons. The number of benzene rings is 1. The van der Waals surface area contributed by atoms with E-state index in [1.54, 1.807) is 17.9 Å².